The predicted octanol–water partition coefficient (Wildman–Crippen LogP) is 5.75. The molecule has 1 unspecified atom stereocenters. The van der Waals surface area contributed by atoms with Crippen LogP contribution in [0.3, 0.4) is 0 Å². The second-order valence-corrected chi connectivity index (χ2v) is 7.44. The summed E-state index contributed by atoms with van der Waals surface area (Å²) in [7, 11) is 0. The zero-order valence-electron chi connectivity index (χ0n) is 11.9. The van der Waals surface area contributed by atoms with Crippen molar-refractivity contribution in [2.75, 3.05) is 0 Å². The topological polar surface area (TPSA) is 24.9 Å². The van der Waals surface area contributed by atoms with Crippen LogP contribution in [0, 0.1) is 5.92 Å². The van der Waals surface area contributed by atoms with Gasteiger partial charge in [0.05, 0.1) is 5.69 Å². The first-order valence-corrected chi connectivity index (χ1v) is 8.72. The third-order valence-electron chi connectivity index (χ3n) is 3.27. The number of hydrogen-bond donors (Lipinski definition) is 1. The minimum Gasteiger partial charge on any atom is -0.304 e. The average molecular weight is 433 g/mol. The molecule has 1 aromatic carbocycles. The summed E-state index contributed by atoms with van der Waals surface area (Å²) < 4.78 is 1.97. The Labute approximate surface area is 147 Å². The lowest BCUT2D eigenvalue weighted by molar-refractivity contribution is 0.408. The molecular formula is C16H17Br2ClN2. The van der Waals surface area contributed by atoms with E-state index in [-0.39, 0.29) is 6.04 Å². The normalized spacial score (nSPS) is 12.7. The molecule has 0 aliphatic carbocycles. The van der Waals surface area contributed by atoms with E-state index >= 15 is 0 Å². The Morgan fingerprint density at radius 3 is 2.43 bits per heavy atom. The number of hydrogen-bond acceptors (Lipinski definition) is 2. The fourth-order valence-electron chi connectivity index (χ4n) is 2.19. The summed E-state index contributed by atoms with van der Waals surface area (Å²) in [5.41, 5.74) is 2.24. The van der Waals surface area contributed by atoms with Crippen LogP contribution in [0.2, 0.25) is 5.02 Å². The Morgan fingerprint density at radius 1 is 1.19 bits per heavy atom. The van der Waals surface area contributed by atoms with Crippen LogP contribution < -0.4 is 5.32 Å². The van der Waals surface area contributed by atoms with Crippen molar-refractivity contribution >= 4 is 43.5 Å². The van der Waals surface area contributed by atoms with Gasteiger partial charge in [-0.25, -0.2) is 0 Å². The molecule has 112 valence electrons. The third-order valence-corrected chi connectivity index (χ3v) is 4.64. The van der Waals surface area contributed by atoms with E-state index in [2.05, 4.69) is 68.1 Å². The molecule has 0 aliphatic rings. The molecule has 2 nitrogen and oxygen atoms in total. The highest BCUT2D eigenvalue weighted by atomic mass is 79.9. The van der Waals surface area contributed by atoms with Crippen LogP contribution >= 0.6 is 43.5 Å². The molecular weight excluding hydrogens is 415 g/mol. The van der Waals surface area contributed by atoms with Crippen molar-refractivity contribution in [2.24, 2.45) is 5.92 Å². The molecule has 0 bridgehead atoms. The van der Waals surface area contributed by atoms with Crippen molar-refractivity contribution in [3.8, 4) is 0 Å². The van der Waals surface area contributed by atoms with Crippen LogP contribution in [-0.4, -0.2) is 4.98 Å². The molecule has 1 aromatic heterocycles. The zero-order chi connectivity index (χ0) is 15.4. The van der Waals surface area contributed by atoms with Gasteiger partial charge in [0.2, 0.25) is 0 Å². The van der Waals surface area contributed by atoms with Crippen molar-refractivity contribution in [3.05, 3.63) is 61.8 Å². The number of pyridine rings is 1. The van der Waals surface area contributed by atoms with E-state index in [1.807, 2.05) is 24.4 Å². The lowest BCUT2D eigenvalue weighted by Gasteiger charge is -2.23. The number of rotatable bonds is 5. The van der Waals surface area contributed by atoms with Crippen LogP contribution in [0.1, 0.15) is 31.1 Å². The molecule has 0 saturated carbocycles. The van der Waals surface area contributed by atoms with Crippen LogP contribution in [0.25, 0.3) is 0 Å². The third kappa shape index (κ3) is 4.78. The Hall–Kier alpha value is -0.420. The molecule has 1 N–H and O–H groups in total. The smallest absolute Gasteiger partial charge is 0.0684 e. The highest BCUT2D eigenvalue weighted by molar-refractivity contribution is 9.11. The van der Waals surface area contributed by atoms with Crippen LogP contribution in [0.15, 0.2) is 45.5 Å². The Kier molecular flexibility index (Phi) is 6.23. The summed E-state index contributed by atoms with van der Waals surface area (Å²) in [6.07, 6.45) is 1.81. The van der Waals surface area contributed by atoms with E-state index in [0.717, 1.165) is 19.7 Å². The second-order valence-electron chi connectivity index (χ2n) is 5.24. The molecule has 5 heteroatoms. The van der Waals surface area contributed by atoms with Gasteiger partial charge < -0.3 is 5.32 Å². The Balaban J connectivity index is 2.12. The molecule has 0 amide bonds. The van der Waals surface area contributed by atoms with Crippen molar-refractivity contribution in [1.29, 1.82) is 0 Å². The monoisotopic (exact) mass is 430 g/mol. The van der Waals surface area contributed by atoms with E-state index in [0.29, 0.717) is 12.5 Å². The maximum atomic E-state index is 5.96. The van der Waals surface area contributed by atoms with Crippen molar-refractivity contribution in [2.45, 2.75) is 26.4 Å². The second kappa shape index (κ2) is 7.73. The number of nitrogens with zero attached hydrogens (tertiary/aromatic N) is 1. The van der Waals surface area contributed by atoms with E-state index in [1.54, 1.807) is 0 Å². The van der Waals surface area contributed by atoms with Gasteiger partial charge in [-0.1, -0.05) is 37.6 Å². The number of benzene rings is 1. The summed E-state index contributed by atoms with van der Waals surface area (Å²) in [5.74, 6) is 0.473. The van der Waals surface area contributed by atoms with Gasteiger partial charge in [0, 0.05) is 32.8 Å². The maximum Gasteiger partial charge on any atom is 0.0684 e. The highest BCUT2D eigenvalue weighted by Gasteiger charge is 2.16. The molecule has 2 rings (SSSR count). The van der Waals surface area contributed by atoms with Crippen molar-refractivity contribution in [1.82, 2.24) is 10.3 Å². The van der Waals surface area contributed by atoms with E-state index in [4.69, 9.17) is 11.6 Å². The highest BCUT2D eigenvalue weighted by Crippen LogP contribution is 2.25. The maximum absolute atomic E-state index is 5.96. The van der Waals surface area contributed by atoms with E-state index in [9.17, 15) is 0 Å². The molecule has 1 heterocycles. The van der Waals surface area contributed by atoms with Crippen LogP contribution in [0.4, 0.5) is 0 Å². The molecule has 0 aliphatic heterocycles. The summed E-state index contributed by atoms with van der Waals surface area (Å²) in [6.45, 7) is 5.12. The largest absolute Gasteiger partial charge is 0.304 e. The van der Waals surface area contributed by atoms with E-state index < -0.39 is 0 Å². The van der Waals surface area contributed by atoms with Gasteiger partial charge in [-0.2, -0.15) is 0 Å². The van der Waals surface area contributed by atoms with Crippen LogP contribution in [-0.2, 0) is 6.54 Å². The summed E-state index contributed by atoms with van der Waals surface area (Å²) in [5, 5.41) is 4.34. The standard InChI is InChI=1S/C16H17Br2ClN2/c1-10(2)16(11-3-5-13(19)6-4-11)21-9-15-14(18)7-12(17)8-20-15/h3-8,10,16,21H,9H2,1-2H3. The summed E-state index contributed by atoms with van der Waals surface area (Å²) in [6, 6.07) is 10.3. The molecule has 0 fully saturated rings. The zero-order valence-corrected chi connectivity index (χ0v) is 15.8. The Bertz CT molecular complexity index is 600. The first-order valence-electron chi connectivity index (χ1n) is 6.76. The quantitative estimate of drug-likeness (QED) is 0.651. The van der Waals surface area contributed by atoms with Gasteiger partial charge in [0.25, 0.3) is 0 Å². The molecule has 0 spiro atoms. The molecule has 0 radical (unpaired) electrons. The van der Waals surface area contributed by atoms with Crippen molar-refractivity contribution in [3.63, 3.8) is 0 Å². The van der Waals surface area contributed by atoms with Crippen LogP contribution in [0.5, 0.6) is 0 Å². The molecule has 1 atom stereocenters. The fourth-order valence-corrected chi connectivity index (χ4v) is 3.44. The molecule has 0 saturated heterocycles. The minimum atomic E-state index is 0.264. The van der Waals surface area contributed by atoms with Crippen molar-refractivity contribution < 1.29 is 0 Å². The van der Waals surface area contributed by atoms with Gasteiger partial charge in [-0.15, -0.1) is 0 Å². The summed E-state index contributed by atoms with van der Waals surface area (Å²) >= 11 is 12.9. The van der Waals surface area contributed by atoms with E-state index in [1.165, 1.54) is 5.56 Å². The fraction of sp³-hybridized carbons (Fsp3) is 0.312. The first-order chi connectivity index (χ1) is 9.97. The lowest BCUT2D eigenvalue weighted by atomic mass is 9.96. The van der Waals surface area contributed by atoms with Gasteiger partial charge in [0.1, 0.15) is 0 Å². The van der Waals surface area contributed by atoms with Gasteiger partial charge in [0.15, 0.2) is 0 Å². The number of halogens is 3. The first kappa shape index (κ1) is 16.9. The number of aromatic nitrogens is 1. The van der Waals surface area contributed by atoms with Gasteiger partial charge in [-0.3, -0.25) is 4.98 Å². The summed E-state index contributed by atoms with van der Waals surface area (Å²) in [4.78, 5) is 4.44. The minimum absolute atomic E-state index is 0.264. The molecule has 21 heavy (non-hydrogen) atoms. The average Bonchev–Trinajstić information content (AvgIpc) is 2.42. The van der Waals surface area contributed by atoms with Gasteiger partial charge >= 0.3 is 0 Å². The lowest BCUT2D eigenvalue weighted by Crippen LogP contribution is -2.25. The Morgan fingerprint density at radius 2 is 1.86 bits per heavy atom. The van der Waals surface area contributed by atoms with Gasteiger partial charge in [-0.05, 0) is 61.5 Å². The molecule has 2 aromatic rings. The number of nitrogens with one attached hydrogen (secondary N) is 1. The SMILES string of the molecule is CC(C)C(NCc1ncc(Br)cc1Br)c1ccc(Cl)cc1. The predicted molar refractivity (Wildman–Crippen MR) is 95.5 cm³/mol.